The van der Waals surface area contributed by atoms with Crippen LogP contribution in [0.2, 0.25) is 0 Å². The van der Waals surface area contributed by atoms with Crippen molar-refractivity contribution in [1.29, 1.82) is 0 Å². The number of carbonyl (C=O) groups is 1. The van der Waals surface area contributed by atoms with Gasteiger partial charge in [0.2, 0.25) is 0 Å². The molecular weight excluding hydrogens is 430 g/mol. The maximum atomic E-state index is 12.9. The number of rotatable bonds is 8. The standard InChI is InChI=1S/C24H24BrNO3/c1-17(2)15-29-23-12-11-19(25)13-22(23)24(27)26-20-9-6-10-21(14-20)28-16-18-7-4-3-5-8-18/h3-14,17H,15-16H2,1-2H3,(H,26,27). The van der Waals surface area contributed by atoms with E-state index in [-0.39, 0.29) is 5.91 Å². The van der Waals surface area contributed by atoms with Crippen LogP contribution < -0.4 is 14.8 Å². The predicted molar refractivity (Wildman–Crippen MR) is 120 cm³/mol. The van der Waals surface area contributed by atoms with Gasteiger partial charge in [-0.2, -0.15) is 0 Å². The monoisotopic (exact) mass is 453 g/mol. The van der Waals surface area contributed by atoms with E-state index in [0.29, 0.717) is 41.9 Å². The summed E-state index contributed by atoms with van der Waals surface area (Å²) in [5.41, 5.74) is 2.23. The van der Waals surface area contributed by atoms with Gasteiger partial charge in [0.25, 0.3) is 5.91 Å². The second kappa shape index (κ2) is 10.1. The molecule has 3 aromatic carbocycles. The second-order valence-corrected chi connectivity index (χ2v) is 8.02. The van der Waals surface area contributed by atoms with Gasteiger partial charge in [-0.05, 0) is 41.8 Å². The van der Waals surface area contributed by atoms with Crippen molar-refractivity contribution in [1.82, 2.24) is 0 Å². The molecule has 0 fully saturated rings. The molecule has 29 heavy (non-hydrogen) atoms. The molecule has 1 amide bonds. The molecule has 0 unspecified atom stereocenters. The molecule has 4 nitrogen and oxygen atoms in total. The number of amides is 1. The van der Waals surface area contributed by atoms with Crippen LogP contribution in [-0.4, -0.2) is 12.5 Å². The summed E-state index contributed by atoms with van der Waals surface area (Å²) >= 11 is 3.43. The summed E-state index contributed by atoms with van der Waals surface area (Å²) in [5, 5.41) is 2.93. The zero-order valence-electron chi connectivity index (χ0n) is 16.5. The van der Waals surface area contributed by atoms with Crippen molar-refractivity contribution in [2.75, 3.05) is 11.9 Å². The van der Waals surface area contributed by atoms with E-state index < -0.39 is 0 Å². The van der Waals surface area contributed by atoms with Gasteiger partial charge in [-0.25, -0.2) is 0 Å². The van der Waals surface area contributed by atoms with Crippen LogP contribution in [0.3, 0.4) is 0 Å². The topological polar surface area (TPSA) is 47.6 Å². The maximum Gasteiger partial charge on any atom is 0.259 e. The van der Waals surface area contributed by atoms with Gasteiger partial charge < -0.3 is 14.8 Å². The molecule has 1 N–H and O–H groups in total. The minimum atomic E-state index is -0.231. The fraction of sp³-hybridized carbons (Fsp3) is 0.208. The number of hydrogen-bond acceptors (Lipinski definition) is 3. The van der Waals surface area contributed by atoms with E-state index in [0.717, 1.165) is 10.0 Å². The van der Waals surface area contributed by atoms with Crippen molar-refractivity contribution in [2.45, 2.75) is 20.5 Å². The van der Waals surface area contributed by atoms with Gasteiger partial charge in [0.05, 0.1) is 12.2 Å². The van der Waals surface area contributed by atoms with E-state index in [1.165, 1.54) is 0 Å². The summed E-state index contributed by atoms with van der Waals surface area (Å²) in [6, 6.07) is 22.8. The van der Waals surface area contributed by atoms with E-state index in [9.17, 15) is 4.79 Å². The van der Waals surface area contributed by atoms with Gasteiger partial charge in [-0.15, -0.1) is 0 Å². The van der Waals surface area contributed by atoms with Crippen LogP contribution >= 0.6 is 15.9 Å². The second-order valence-electron chi connectivity index (χ2n) is 7.10. The minimum Gasteiger partial charge on any atom is -0.492 e. The summed E-state index contributed by atoms with van der Waals surface area (Å²) in [6.07, 6.45) is 0. The summed E-state index contributed by atoms with van der Waals surface area (Å²) in [7, 11) is 0. The Morgan fingerprint density at radius 1 is 0.966 bits per heavy atom. The number of benzene rings is 3. The Kier molecular flexibility index (Phi) is 7.30. The van der Waals surface area contributed by atoms with Crippen molar-refractivity contribution in [3.05, 3.63) is 88.4 Å². The van der Waals surface area contributed by atoms with Crippen molar-refractivity contribution < 1.29 is 14.3 Å². The molecule has 5 heteroatoms. The molecule has 0 aliphatic heterocycles. The Morgan fingerprint density at radius 3 is 2.52 bits per heavy atom. The Morgan fingerprint density at radius 2 is 1.76 bits per heavy atom. The van der Waals surface area contributed by atoms with Gasteiger partial charge in [-0.1, -0.05) is 66.2 Å². The van der Waals surface area contributed by atoms with Gasteiger partial charge in [-0.3, -0.25) is 4.79 Å². The highest BCUT2D eigenvalue weighted by molar-refractivity contribution is 9.10. The van der Waals surface area contributed by atoms with Gasteiger partial charge >= 0.3 is 0 Å². The van der Waals surface area contributed by atoms with Crippen molar-refractivity contribution >= 4 is 27.5 Å². The summed E-state index contributed by atoms with van der Waals surface area (Å²) < 4.78 is 12.5. The molecule has 0 atom stereocenters. The lowest BCUT2D eigenvalue weighted by Crippen LogP contribution is -2.15. The molecule has 0 saturated carbocycles. The molecule has 3 aromatic rings. The molecular formula is C24H24BrNO3. The van der Waals surface area contributed by atoms with E-state index in [1.54, 1.807) is 12.1 Å². The maximum absolute atomic E-state index is 12.9. The molecule has 0 radical (unpaired) electrons. The lowest BCUT2D eigenvalue weighted by atomic mass is 10.1. The summed E-state index contributed by atoms with van der Waals surface area (Å²) in [6.45, 7) is 5.15. The number of hydrogen-bond donors (Lipinski definition) is 1. The Labute approximate surface area is 180 Å². The number of nitrogens with one attached hydrogen (secondary N) is 1. The molecule has 0 aliphatic carbocycles. The third-order valence-corrected chi connectivity index (χ3v) is 4.59. The SMILES string of the molecule is CC(C)COc1ccc(Br)cc1C(=O)Nc1cccc(OCc2ccccc2)c1. The van der Waals surface area contributed by atoms with Crippen LogP contribution in [0.1, 0.15) is 29.8 Å². The molecule has 0 aromatic heterocycles. The number of anilines is 1. The highest BCUT2D eigenvalue weighted by atomic mass is 79.9. The van der Waals surface area contributed by atoms with Crippen LogP contribution in [0.5, 0.6) is 11.5 Å². The molecule has 0 aliphatic rings. The first-order chi connectivity index (χ1) is 14.0. The zero-order valence-corrected chi connectivity index (χ0v) is 18.1. The van der Waals surface area contributed by atoms with Crippen LogP contribution in [0.25, 0.3) is 0 Å². The molecule has 3 rings (SSSR count). The van der Waals surface area contributed by atoms with Crippen LogP contribution in [0.4, 0.5) is 5.69 Å². The first-order valence-corrected chi connectivity index (χ1v) is 10.3. The first-order valence-electron chi connectivity index (χ1n) is 9.52. The highest BCUT2D eigenvalue weighted by Gasteiger charge is 2.14. The molecule has 0 saturated heterocycles. The van der Waals surface area contributed by atoms with Gasteiger partial charge in [0.1, 0.15) is 18.1 Å². The largest absolute Gasteiger partial charge is 0.492 e. The fourth-order valence-corrected chi connectivity index (χ4v) is 3.03. The highest BCUT2D eigenvalue weighted by Crippen LogP contribution is 2.26. The smallest absolute Gasteiger partial charge is 0.259 e. The van der Waals surface area contributed by atoms with Crippen LogP contribution in [-0.2, 0) is 6.61 Å². The molecule has 0 heterocycles. The lowest BCUT2D eigenvalue weighted by molar-refractivity contribution is 0.102. The third-order valence-electron chi connectivity index (χ3n) is 4.10. The molecule has 0 spiro atoms. The van der Waals surface area contributed by atoms with Crippen molar-refractivity contribution in [3.8, 4) is 11.5 Å². The minimum absolute atomic E-state index is 0.231. The van der Waals surface area contributed by atoms with Gasteiger partial charge in [0, 0.05) is 16.2 Å². The van der Waals surface area contributed by atoms with E-state index >= 15 is 0 Å². The first kappa shape index (κ1) is 20.9. The zero-order chi connectivity index (χ0) is 20.6. The predicted octanol–water partition coefficient (Wildman–Crippen LogP) is 6.32. The van der Waals surface area contributed by atoms with E-state index in [4.69, 9.17) is 9.47 Å². The molecule has 0 bridgehead atoms. The number of carbonyl (C=O) groups excluding carboxylic acids is 1. The van der Waals surface area contributed by atoms with Crippen LogP contribution in [0, 0.1) is 5.92 Å². The Hall–Kier alpha value is -2.79. The lowest BCUT2D eigenvalue weighted by Gasteiger charge is -2.14. The average molecular weight is 454 g/mol. The number of halogens is 1. The fourth-order valence-electron chi connectivity index (χ4n) is 2.66. The van der Waals surface area contributed by atoms with Crippen molar-refractivity contribution in [2.24, 2.45) is 5.92 Å². The Bertz CT molecular complexity index is 957. The van der Waals surface area contributed by atoms with E-state index in [2.05, 4.69) is 35.1 Å². The number of ether oxygens (including phenoxy) is 2. The molecule has 150 valence electrons. The Balaban J connectivity index is 1.70. The van der Waals surface area contributed by atoms with E-state index in [1.807, 2.05) is 60.7 Å². The third kappa shape index (κ3) is 6.36. The van der Waals surface area contributed by atoms with Crippen molar-refractivity contribution in [3.63, 3.8) is 0 Å². The summed E-state index contributed by atoms with van der Waals surface area (Å²) in [4.78, 5) is 12.9. The van der Waals surface area contributed by atoms with Gasteiger partial charge in [0.15, 0.2) is 0 Å². The summed E-state index contributed by atoms with van der Waals surface area (Å²) in [5.74, 6) is 1.39. The average Bonchev–Trinajstić information content (AvgIpc) is 2.72. The van der Waals surface area contributed by atoms with Crippen LogP contribution in [0.15, 0.2) is 77.3 Å². The quantitative estimate of drug-likeness (QED) is 0.434. The normalized spacial score (nSPS) is 10.6.